The maximum absolute atomic E-state index is 11.3. The van der Waals surface area contributed by atoms with Crippen LogP contribution in [0.4, 0.5) is 0 Å². The third-order valence-electron chi connectivity index (χ3n) is 1.97. The van der Waals surface area contributed by atoms with Crippen molar-refractivity contribution >= 4 is 17.5 Å². The van der Waals surface area contributed by atoms with Crippen molar-refractivity contribution < 1.29 is 4.79 Å². The second-order valence-corrected chi connectivity index (χ2v) is 3.76. The fraction of sp³-hybridized carbons (Fsp3) is 0.667. The third-order valence-corrected chi connectivity index (χ3v) is 2.41. The molecule has 3 heteroatoms. The topological polar surface area (TPSA) is 20.3 Å². The van der Waals surface area contributed by atoms with Gasteiger partial charge in [0.05, 0.1) is 0 Å². The number of carbonyl (C=O) groups excluding carboxylic acids is 1. The van der Waals surface area contributed by atoms with Crippen molar-refractivity contribution in [2.45, 2.75) is 13.3 Å². The highest BCUT2D eigenvalue weighted by Gasteiger charge is 2.28. The molecule has 0 bridgehead atoms. The summed E-state index contributed by atoms with van der Waals surface area (Å²) in [5, 5.41) is 0. The van der Waals surface area contributed by atoms with Gasteiger partial charge in [-0.05, 0) is 12.8 Å². The normalized spacial score (nSPS) is 23.3. The van der Waals surface area contributed by atoms with Gasteiger partial charge in [0.2, 0.25) is 5.91 Å². The summed E-state index contributed by atoms with van der Waals surface area (Å²) in [6.07, 6.45) is 0.608. The van der Waals surface area contributed by atoms with E-state index < -0.39 is 0 Å². The van der Waals surface area contributed by atoms with E-state index in [9.17, 15) is 4.79 Å². The summed E-state index contributed by atoms with van der Waals surface area (Å²) in [5.41, 5.74) is 1.03. The van der Waals surface area contributed by atoms with Gasteiger partial charge in [-0.2, -0.15) is 0 Å². The van der Waals surface area contributed by atoms with Gasteiger partial charge >= 0.3 is 0 Å². The largest absolute Gasteiger partial charge is 0.338 e. The Morgan fingerprint density at radius 1 is 1.83 bits per heavy atom. The molecule has 0 aliphatic carbocycles. The lowest BCUT2D eigenvalue weighted by molar-refractivity contribution is -0.127. The molecule has 0 aromatic rings. The van der Waals surface area contributed by atoms with E-state index in [2.05, 4.69) is 6.58 Å². The molecule has 1 aliphatic heterocycles. The average Bonchev–Trinajstić information content (AvgIpc) is 2.31. The molecule has 2 nitrogen and oxygen atoms in total. The Hall–Kier alpha value is -0.500. The zero-order chi connectivity index (χ0) is 9.14. The lowest BCUT2D eigenvalue weighted by Crippen LogP contribution is -2.26. The molecule has 0 saturated carbocycles. The molecule has 1 rings (SSSR count). The third kappa shape index (κ3) is 2.24. The summed E-state index contributed by atoms with van der Waals surface area (Å²) in [5.74, 6) is 1.14. The minimum absolute atomic E-state index is 0.212. The SMILES string of the molecule is C=C(C)CN1CC(CCl)CC1=O. The van der Waals surface area contributed by atoms with Gasteiger partial charge in [0.15, 0.2) is 0 Å². The molecule has 1 amide bonds. The van der Waals surface area contributed by atoms with Crippen molar-refractivity contribution in [1.29, 1.82) is 0 Å². The van der Waals surface area contributed by atoms with E-state index in [1.165, 1.54) is 0 Å². The van der Waals surface area contributed by atoms with Gasteiger partial charge in [-0.1, -0.05) is 12.2 Å². The first kappa shape index (κ1) is 9.59. The molecule has 68 valence electrons. The average molecular weight is 188 g/mol. The van der Waals surface area contributed by atoms with Crippen LogP contribution in [-0.4, -0.2) is 29.8 Å². The van der Waals surface area contributed by atoms with Gasteiger partial charge in [-0.3, -0.25) is 4.79 Å². The van der Waals surface area contributed by atoms with E-state index in [0.29, 0.717) is 24.8 Å². The molecule has 1 unspecified atom stereocenters. The minimum Gasteiger partial charge on any atom is -0.338 e. The predicted molar refractivity (Wildman–Crippen MR) is 50.2 cm³/mol. The molecular weight excluding hydrogens is 174 g/mol. The van der Waals surface area contributed by atoms with Crippen LogP contribution >= 0.6 is 11.6 Å². The Kier molecular flexibility index (Phi) is 3.15. The second-order valence-electron chi connectivity index (χ2n) is 3.46. The van der Waals surface area contributed by atoms with Crippen molar-refractivity contribution in [1.82, 2.24) is 4.90 Å². The smallest absolute Gasteiger partial charge is 0.223 e. The van der Waals surface area contributed by atoms with Crippen molar-refractivity contribution in [3.05, 3.63) is 12.2 Å². The van der Waals surface area contributed by atoms with Crippen LogP contribution in [0.3, 0.4) is 0 Å². The molecule has 12 heavy (non-hydrogen) atoms. The maximum atomic E-state index is 11.3. The van der Waals surface area contributed by atoms with Crippen LogP contribution in [0.1, 0.15) is 13.3 Å². The molecule has 1 atom stereocenters. The molecule has 1 aliphatic rings. The van der Waals surface area contributed by atoms with E-state index >= 15 is 0 Å². The van der Waals surface area contributed by atoms with Crippen LogP contribution in [0.15, 0.2) is 12.2 Å². The fourth-order valence-corrected chi connectivity index (χ4v) is 1.64. The van der Waals surface area contributed by atoms with Crippen LogP contribution in [0, 0.1) is 5.92 Å². The van der Waals surface area contributed by atoms with Crippen molar-refractivity contribution in [2.75, 3.05) is 19.0 Å². The van der Waals surface area contributed by atoms with Gasteiger partial charge in [0, 0.05) is 25.4 Å². The van der Waals surface area contributed by atoms with Crippen LogP contribution in [0.5, 0.6) is 0 Å². The zero-order valence-electron chi connectivity index (χ0n) is 7.35. The molecule has 1 heterocycles. The first-order chi connectivity index (χ1) is 5.63. The number of hydrogen-bond donors (Lipinski definition) is 0. The zero-order valence-corrected chi connectivity index (χ0v) is 8.10. The summed E-state index contributed by atoms with van der Waals surface area (Å²) in [4.78, 5) is 13.1. The van der Waals surface area contributed by atoms with Gasteiger partial charge in [0.1, 0.15) is 0 Å². The van der Waals surface area contributed by atoms with E-state index in [4.69, 9.17) is 11.6 Å². The highest BCUT2D eigenvalue weighted by Crippen LogP contribution is 2.19. The summed E-state index contributed by atoms with van der Waals surface area (Å²) >= 11 is 5.67. The molecule has 0 radical (unpaired) electrons. The first-order valence-electron chi connectivity index (χ1n) is 4.11. The summed E-state index contributed by atoms with van der Waals surface area (Å²) in [7, 11) is 0. The van der Waals surface area contributed by atoms with Crippen molar-refractivity contribution in [2.24, 2.45) is 5.92 Å². The lowest BCUT2D eigenvalue weighted by Gasteiger charge is -2.15. The molecule has 1 fully saturated rings. The van der Waals surface area contributed by atoms with Crippen LogP contribution in [-0.2, 0) is 4.79 Å². The molecule has 0 spiro atoms. The minimum atomic E-state index is 0.212. The molecule has 0 aromatic heterocycles. The monoisotopic (exact) mass is 187 g/mol. The van der Waals surface area contributed by atoms with Crippen molar-refractivity contribution in [3.63, 3.8) is 0 Å². The first-order valence-corrected chi connectivity index (χ1v) is 4.65. The molecule has 0 N–H and O–H groups in total. The Balaban J connectivity index is 2.46. The van der Waals surface area contributed by atoms with Gasteiger partial charge in [0.25, 0.3) is 0 Å². The molecule has 1 saturated heterocycles. The van der Waals surface area contributed by atoms with Crippen LogP contribution < -0.4 is 0 Å². The number of amides is 1. The van der Waals surface area contributed by atoms with E-state index in [0.717, 1.165) is 12.1 Å². The number of carbonyl (C=O) groups is 1. The van der Waals surface area contributed by atoms with E-state index in [-0.39, 0.29) is 5.91 Å². The number of nitrogens with zero attached hydrogens (tertiary/aromatic N) is 1. The highest BCUT2D eigenvalue weighted by atomic mass is 35.5. The van der Waals surface area contributed by atoms with E-state index in [1.807, 2.05) is 11.8 Å². The second kappa shape index (κ2) is 3.94. The number of likely N-dealkylation sites (tertiary alicyclic amines) is 1. The number of rotatable bonds is 3. The Labute approximate surface area is 78.2 Å². The maximum Gasteiger partial charge on any atom is 0.223 e. The number of hydrogen-bond acceptors (Lipinski definition) is 1. The summed E-state index contributed by atoms with van der Waals surface area (Å²) < 4.78 is 0. The highest BCUT2D eigenvalue weighted by molar-refractivity contribution is 6.18. The quantitative estimate of drug-likeness (QED) is 0.486. The number of halogens is 1. The van der Waals surface area contributed by atoms with Gasteiger partial charge < -0.3 is 4.90 Å². The molecular formula is C9H14ClNO. The predicted octanol–water partition coefficient (Wildman–Crippen LogP) is 1.65. The van der Waals surface area contributed by atoms with Gasteiger partial charge in [-0.25, -0.2) is 0 Å². The van der Waals surface area contributed by atoms with Crippen LogP contribution in [0.2, 0.25) is 0 Å². The Bertz CT molecular complexity index is 203. The standard InChI is InChI=1S/C9H14ClNO/c1-7(2)5-11-6-8(4-10)3-9(11)12/h8H,1,3-6H2,2H3. The van der Waals surface area contributed by atoms with E-state index in [1.54, 1.807) is 0 Å². The lowest BCUT2D eigenvalue weighted by atomic mass is 10.1. The summed E-state index contributed by atoms with van der Waals surface area (Å²) in [6, 6.07) is 0. The Morgan fingerprint density at radius 2 is 2.50 bits per heavy atom. The Morgan fingerprint density at radius 3 is 2.92 bits per heavy atom. The van der Waals surface area contributed by atoms with Gasteiger partial charge in [-0.15, -0.1) is 11.6 Å². The fourth-order valence-electron chi connectivity index (χ4n) is 1.44. The van der Waals surface area contributed by atoms with Crippen molar-refractivity contribution in [3.8, 4) is 0 Å². The summed E-state index contributed by atoms with van der Waals surface area (Å²) in [6.45, 7) is 7.20. The van der Waals surface area contributed by atoms with Crippen LogP contribution in [0.25, 0.3) is 0 Å². The molecule has 0 aromatic carbocycles. The number of alkyl halides is 1.